The van der Waals surface area contributed by atoms with Crippen molar-refractivity contribution < 1.29 is 0 Å². The Bertz CT molecular complexity index is 207. The first kappa shape index (κ1) is 12.4. The molecular weight excluding hydrogens is 196 g/mol. The minimum atomic E-state index is 0.854. The molecule has 0 amide bonds. The molecule has 0 aromatic carbocycles. The van der Waals surface area contributed by atoms with Gasteiger partial charge in [0.05, 0.1) is 0 Å². The molecule has 1 saturated heterocycles. The molecule has 2 aliphatic rings. The summed E-state index contributed by atoms with van der Waals surface area (Å²) in [7, 11) is 4.41. The van der Waals surface area contributed by atoms with E-state index in [0.29, 0.717) is 0 Å². The highest BCUT2D eigenvalue weighted by molar-refractivity contribution is 4.86. The van der Waals surface area contributed by atoms with Crippen LogP contribution in [0.3, 0.4) is 0 Å². The molecule has 2 fully saturated rings. The summed E-state index contributed by atoms with van der Waals surface area (Å²) in [6.45, 7) is 3.64. The minimum Gasteiger partial charge on any atom is -0.248 e. The summed E-state index contributed by atoms with van der Waals surface area (Å²) in [5, 5.41) is 4.93. The number of rotatable bonds is 3. The number of hydrogen-bond acceptors (Lipinski definition) is 2. The van der Waals surface area contributed by atoms with E-state index >= 15 is 0 Å². The SMILES string of the molecule is CCC1CCC(C2CCCN2N(C)C)CC1. The minimum absolute atomic E-state index is 0.854. The van der Waals surface area contributed by atoms with Crippen LogP contribution in [0.4, 0.5) is 0 Å². The molecule has 1 atom stereocenters. The first-order valence-electron chi connectivity index (χ1n) is 7.16. The summed E-state index contributed by atoms with van der Waals surface area (Å²) >= 11 is 0. The van der Waals surface area contributed by atoms with Crippen molar-refractivity contribution in [2.75, 3.05) is 20.6 Å². The molecule has 2 heteroatoms. The van der Waals surface area contributed by atoms with Gasteiger partial charge < -0.3 is 0 Å². The molecule has 1 aliphatic heterocycles. The van der Waals surface area contributed by atoms with E-state index in [1.54, 1.807) is 0 Å². The highest BCUT2D eigenvalue weighted by atomic mass is 15.6. The quantitative estimate of drug-likeness (QED) is 0.726. The molecule has 0 bridgehead atoms. The van der Waals surface area contributed by atoms with Crippen LogP contribution in [0.2, 0.25) is 0 Å². The summed E-state index contributed by atoms with van der Waals surface area (Å²) in [6, 6.07) is 0.854. The normalized spacial score (nSPS) is 37.1. The topological polar surface area (TPSA) is 6.48 Å². The van der Waals surface area contributed by atoms with Crippen molar-refractivity contribution in [3.8, 4) is 0 Å². The average molecular weight is 224 g/mol. The highest BCUT2D eigenvalue weighted by Crippen LogP contribution is 2.37. The van der Waals surface area contributed by atoms with Gasteiger partial charge in [0.2, 0.25) is 0 Å². The molecule has 1 unspecified atom stereocenters. The summed E-state index contributed by atoms with van der Waals surface area (Å²) in [5.41, 5.74) is 0. The monoisotopic (exact) mass is 224 g/mol. The van der Waals surface area contributed by atoms with Gasteiger partial charge in [-0.2, -0.15) is 0 Å². The van der Waals surface area contributed by atoms with E-state index in [-0.39, 0.29) is 0 Å². The van der Waals surface area contributed by atoms with Gasteiger partial charge in [0.15, 0.2) is 0 Å². The van der Waals surface area contributed by atoms with Crippen LogP contribution < -0.4 is 0 Å². The van der Waals surface area contributed by atoms with Crippen molar-refractivity contribution in [1.29, 1.82) is 0 Å². The van der Waals surface area contributed by atoms with Crippen molar-refractivity contribution in [3.05, 3.63) is 0 Å². The molecule has 0 aromatic heterocycles. The van der Waals surface area contributed by atoms with Crippen LogP contribution in [0.25, 0.3) is 0 Å². The van der Waals surface area contributed by atoms with Crippen LogP contribution in [-0.2, 0) is 0 Å². The predicted molar refractivity (Wildman–Crippen MR) is 69.2 cm³/mol. The molecule has 16 heavy (non-hydrogen) atoms. The number of hydrogen-bond donors (Lipinski definition) is 0. The maximum atomic E-state index is 2.61. The summed E-state index contributed by atoms with van der Waals surface area (Å²) < 4.78 is 0. The first-order valence-corrected chi connectivity index (χ1v) is 7.16. The number of hydrazine groups is 1. The Morgan fingerprint density at radius 1 is 1.06 bits per heavy atom. The fraction of sp³-hybridized carbons (Fsp3) is 1.00. The van der Waals surface area contributed by atoms with Crippen molar-refractivity contribution in [3.63, 3.8) is 0 Å². The second-order valence-corrected chi connectivity index (χ2v) is 5.91. The number of nitrogens with zero attached hydrogens (tertiary/aromatic N) is 2. The van der Waals surface area contributed by atoms with Crippen LogP contribution in [0.1, 0.15) is 51.9 Å². The molecule has 0 aromatic rings. The lowest BCUT2D eigenvalue weighted by Crippen LogP contribution is -2.45. The van der Waals surface area contributed by atoms with Crippen molar-refractivity contribution >= 4 is 0 Å². The van der Waals surface area contributed by atoms with E-state index in [1.165, 1.54) is 51.5 Å². The van der Waals surface area contributed by atoms with Gasteiger partial charge in [-0.25, -0.2) is 10.0 Å². The molecule has 2 rings (SSSR count). The Balaban J connectivity index is 1.88. The van der Waals surface area contributed by atoms with Crippen molar-refractivity contribution in [1.82, 2.24) is 10.0 Å². The lowest BCUT2D eigenvalue weighted by atomic mass is 9.77. The van der Waals surface area contributed by atoms with E-state index in [0.717, 1.165) is 17.9 Å². The second-order valence-electron chi connectivity index (χ2n) is 5.91. The second kappa shape index (κ2) is 5.50. The Labute approximate surface area is 101 Å². The summed E-state index contributed by atoms with van der Waals surface area (Å²) in [6.07, 6.45) is 10.2. The largest absolute Gasteiger partial charge is 0.248 e. The Morgan fingerprint density at radius 2 is 1.75 bits per heavy atom. The molecule has 1 saturated carbocycles. The van der Waals surface area contributed by atoms with Crippen LogP contribution in [-0.4, -0.2) is 36.7 Å². The first-order chi connectivity index (χ1) is 7.72. The molecule has 1 aliphatic carbocycles. The fourth-order valence-corrected chi connectivity index (χ4v) is 3.73. The van der Waals surface area contributed by atoms with Gasteiger partial charge in [-0.3, -0.25) is 0 Å². The highest BCUT2D eigenvalue weighted by Gasteiger charge is 2.34. The summed E-state index contributed by atoms with van der Waals surface area (Å²) in [4.78, 5) is 0. The van der Waals surface area contributed by atoms with Gasteiger partial charge in [-0.1, -0.05) is 26.2 Å². The Kier molecular flexibility index (Phi) is 4.26. The van der Waals surface area contributed by atoms with Gasteiger partial charge in [0.25, 0.3) is 0 Å². The van der Waals surface area contributed by atoms with Crippen LogP contribution in [0.5, 0.6) is 0 Å². The molecule has 0 radical (unpaired) electrons. The lowest BCUT2D eigenvalue weighted by Gasteiger charge is -2.38. The van der Waals surface area contributed by atoms with Gasteiger partial charge in [-0.15, -0.1) is 0 Å². The molecule has 0 spiro atoms. The molecular formula is C14H28N2. The standard InChI is InChI=1S/C14H28N2/c1-4-12-7-9-13(10-8-12)14-6-5-11-16(14)15(2)3/h12-14H,4-11H2,1-3H3. The lowest BCUT2D eigenvalue weighted by molar-refractivity contribution is -0.0197. The van der Waals surface area contributed by atoms with Crippen LogP contribution >= 0.6 is 0 Å². The van der Waals surface area contributed by atoms with Gasteiger partial charge in [0, 0.05) is 26.7 Å². The third kappa shape index (κ3) is 2.60. The van der Waals surface area contributed by atoms with E-state index < -0.39 is 0 Å². The van der Waals surface area contributed by atoms with Crippen LogP contribution in [0.15, 0.2) is 0 Å². The van der Waals surface area contributed by atoms with E-state index in [9.17, 15) is 0 Å². The Morgan fingerprint density at radius 3 is 2.31 bits per heavy atom. The van der Waals surface area contributed by atoms with E-state index in [4.69, 9.17) is 0 Å². The average Bonchev–Trinajstić information content (AvgIpc) is 2.78. The summed E-state index contributed by atoms with van der Waals surface area (Å²) in [5.74, 6) is 2.01. The van der Waals surface area contributed by atoms with Gasteiger partial charge in [0.1, 0.15) is 0 Å². The fourth-order valence-electron chi connectivity index (χ4n) is 3.73. The molecule has 1 heterocycles. The van der Waals surface area contributed by atoms with Gasteiger partial charge >= 0.3 is 0 Å². The third-order valence-corrected chi connectivity index (χ3v) is 4.80. The third-order valence-electron chi connectivity index (χ3n) is 4.80. The van der Waals surface area contributed by atoms with Crippen LogP contribution in [0, 0.1) is 11.8 Å². The Hall–Kier alpha value is -0.0800. The zero-order chi connectivity index (χ0) is 11.5. The van der Waals surface area contributed by atoms with Gasteiger partial charge in [-0.05, 0) is 37.5 Å². The maximum Gasteiger partial charge on any atom is 0.0274 e. The van der Waals surface area contributed by atoms with E-state index in [1.807, 2.05) is 0 Å². The molecule has 0 N–H and O–H groups in total. The van der Waals surface area contributed by atoms with E-state index in [2.05, 4.69) is 31.0 Å². The zero-order valence-corrected chi connectivity index (χ0v) is 11.3. The maximum absolute atomic E-state index is 2.61. The van der Waals surface area contributed by atoms with Crippen molar-refractivity contribution in [2.45, 2.75) is 57.9 Å². The zero-order valence-electron chi connectivity index (χ0n) is 11.3. The predicted octanol–water partition coefficient (Wildman–Crippen LogP) is 3.14. The molecule has 2 nitrogen and oxygen atoms in total. The van der Waals surface area contributed by atoms with Crippen molar-refractivity contribution in [2.24, 2.45) is 11.8 Å². The molecule has 94 valence electrons. The smallest absolute Gasteiger partial charge is 0.0274 e.